The maximum Gasteiger partial charge on any atom is 0.423 e. The third-order valence-electron chi connectivity index (χ3n) is 3.69. The standard InChI is InChI=1S/C4H8F2N11O8P3/c5-26(6)7-27(10(14(18)19)1-2-11(27)15(20)21)9-28(8-26)12(16(22)23)3-4-13(28)17(24)25/h1-4H2. The summed E-state index contributed by atoms with van der Waals surface area (Å²) in [5, 5.41) is 40.4. The minimum atomic E-state index is -6.00. The largest absolute Gasteiger partial charge is 0.423 e. The molecule has 2 spiro atoms. The van der Waals surface area contributed by atoms with Gasteiger partial charge in [0.1, 0.15) is 26.2 Å². The van der Waals surface area contributed by atoms with Gasteiger partial charge in [-0.2, -0.15) is 0 Å². The Morgan fingerprint density at radius 1 is 0.607 bits per heavy atom. The lowest BCUT2D eigenvalue weighted by atomic mass is 10.7. The van der Waals surface area contributed by atoms with Crippen LogP contribution in [0.4, 0.5) is 8.39 Å². The first-order valence-corrected chi connectivity index (χ1v) is 11.5. The number of nitrogens with zero attached hydrogens (tertiary/aromatic N) is 11. The summed E-state index contributed by atoms with van der Waals surface area (Å²) < 4.78 is 38.5. The molecule has 0 aromatic carbocycles. The van der Waals surface area contributed by atoms with Gasteiger partial charge in [0.05, 0.1) is 0 Å². The summed E-state index contributed by atoms with van der Waals surface area (Å²) in [6, 6.07) is 0. The number of halogens is 2. The smallest absolute Gasteiger partial charge is 0.234 e. The summed E-state index contributed by atoms with van der Waals surface area (Å²) in [5.74, 6) is 0. The van der Waals surface area contributed by atoms with Gasteiger partial charge in [0.2, 0.25) is 0 Å². The van der Waals surface area contributed by atoms with Crippen molar-refractivity contribution in [1.82, 2.24) is 19.1 Å². The van der Waals surface area contributed by atoms with Crippen LogP contribution in [0.15, 0.2) is 13.5 Å². The second-order valence-corrected chi connectivity index (χ2v) is 12.2. The van der Waals surface area contributed by atoms with Crippen molar-refractivity contribution in [3.05, 3.63) is 40.5 Å². The Hall–Kier alpha value is -2.65. The van der Waals surface area contributed by atoms with Gasteiger partial charge in [-0.3, -0.25) is 0 Å². The van der Waals surface area contributed by atoms with E-state index in [0.29, 0.717) is 0 Å². The number of nitro groups is 4. The molecule has 0 amide bonds. The molecule has 3 rings (SSSR count). The van der Waals surface area contributed by atoms with E-state index in [-0.39, 0.29) is 19.1 Å². The Kier molecular flexibility index (Phi) is 4.43. The molecule has 0 aliphatic carbocycles. The number of hydrogen-bond acceptors (Lipinski definition) is 11. The zero-order chi connectivity index (χ0) is 21.1. The number of hydrogen-bond donors (Lipinski definition) is 0. The predicted octanol–water partition coefficient (Wildman–Crippen LogP) is 1.78. The second kappa shape index (κ2) is 6.18. The van der Waals surface area contributed by atoms with Crippen LogP contribution >= 0.6 is 22.8 Å². The van der Waals surface area contributed by atoms with Gasteiger partial charge in [-0.15, -0.1) is 21.9 Å². The van der Waals surface area contributed by atoms with E-state index < -0.39 is 69.1 Å². The fourth-order valence-corrected chi connectivity index (χ4v) is 13.4. The Balaban J connectivity index is 2.45. The normalized spacial score (nSPS) is 23.9. The van der Waals surface area contributed by atoms with Gasteiger partial charge in [-0.05, 0) is 19.1 Å². The Labute approximate surface area is 151 Å². The molecule has 3 heterocycles. The molecule has 3 aliphatic rings. The third-order valence-corrected chi connectivity index (χ3v) is 13.1. The van der Waals surface area contributed by atoms with Gasteiger partial charge < -0.3 is 0 Å². The van der Waals surface area contributed by atoms with Crippen LogP contribution in [0.5, 0.6) is 0 Å². The molecular weight excluding hydrogens is 461 g/mol. The van der Waals surface area contributed by atoms with E-state index in [4.69, 9.17) is 0 Å². The van der Waals surface area contributed by atoms with Crippen molar-refractivity contribution in [3.63, 3.8) is 0 Å². The lowest BCUT2D eigenvalue weighted by Crippen LogP contribution is -2.31. The molecule has 24 heteroatoms. The van der Waals surface area contributed by atoms with Gasteiger partial charge in [0.15, 0.2) is 20.1 Å². The summed E-state index contributed by atoms with van der Waals surface area (Å²) in [5.41, 5.74) is 0. The van der Waals surface area contributed by atoms with Gasteiger partial charge in [0.25, 0.3) is 0 Å². The van der Waals surface area contributed by atoms with E-state index in [1.165, 1.54) is 0 Å². The summed E-state index contributed by atoms with van der Waals surface area (Å²) in [6.45, 7) is -2.98. The first-order valence-electron chi connectivity index (χ1n) is 6.86. The fraction of sp³-hybridized carbons (Fsp3) is 1.00. The Morgan fingerprint density at radius 2 is 0.893 bits per heavy atom. The minimum Gasteiger partial charge on any atom is -0.234 e. The molecular formula is C4H8F2N11O8P3. The molecule has 0 N–H and O–H groups in total. The Morgan fingerprint density at radius 3 is 1.18 bits per heavy atom. The van der Waals surface area contributed by atoms with E-state index in [9.17, 15) is 48.9 Å². The Bertz CT molecular complexity index is 862. The van der Waals surface area contributed by atoms with Crippen molar-refractivity contribution in [2.75, 3.05) is 26.2 Å². The van der Waals surface area contributed by atoms with E-state index in [0.717, 1.165) is 0 Å². The van der Waals surface area contributed by atoms with Gasteiger partial charge >= 0.3 is 22.8 Å². The first kappa shape index (κ1) is 20.1. The lowest BCUT2D eigenvalue weighted by molar-refractivity contribution is -0.628. The summed E-state index contributed by atoms with van der Waals surface area (Å²) in [6.07, 6.45) is 0. The highest BCUT2D eigenvalue weighted by atomic mass is 31.3. The van der Waals surface area contributed by atoms with Crippen LogP contribution < -0.4 is 0 Å². The molecule has 0 atom stereocenters. The van der Waals surface area contributed by atoms with Crippen LogP contribution in [0.1, 0.15) is 0 Å². The highest BCUT2D eigenvalue weighted by molar-refractivity contribution is 7.81. The lowest BCUT2D eigenvalue weighted by Gasteiger charge is -2.29. The molecule has 0 saturated carbocycles. The molecule has 0 bridgehead atoms. The molecule has 156 valence electrons. The van der Waals surface area contributed by atoms with Crippen LogP contribution in [0.2, 0.25) is 0 Å². The van der Waals surface area contributed by atoms with Crippen LogP contribution in [0.25, 0.3) is 0 Å². The highest BCUT2D eigenvalue weighted by Crippen LogP contribution is 2.84. The SMILES string of the molecule is O=[N+]([O-])N1CCN([N+](=O)[O-])P12=NP(F)(F)=NP1(=N2)N([N+](=O)[O-])CCN1[N+](=O)[O-]. The van der Waals surface area contributed by atoms with E-state index >= 15 is 0 Å². The molecule has 0 radical (unpaired) electrons. The predicted molar refractivity (Wildman–Crippen MR) is 85.1 cm³/mol. The summed E-state index contributed by atoms with van der Waals surface area (Å²) >= 11 is 0. The summed E-state index contributed by atoms with van der Waals surface area (Å²) in [7, 11) is -15.8. The average Bonchev–Trinajstić information content (AvgIpc) is 3.03. The fourth-order valence-electron chi connectivity index (χ4n) is 2.72. The highest BCUT2D eigenvalue weighted by Gasteiger charge is 2.65. The third kappa shape index (κ3) is 2.73. The van der Waals surface area contributed by atoms with Crippen LogP contribution in [0, 0.1) is 40.5 Å². The second-order valence-electron chi connectivity index (χ2n) is 5.13. The zero-order valence-electron chi connectivity index (χ0n) is 13.1. The van der Waals surface area contributed by atoms with Crippen molar-refractivity contribution in [1.29, 1.82) is 0 Å². The van der Waals surface area contributed by atoms with E-state index in [1.54, 1.807) is 0 Å². The number of rotatable bonds is 4. The minimum absolute atomic E-state index is 0.00525. The molecule has 0 aromatic heterocycles. The zero-order valence-corrected chi connectivity index (χ0v) is 15.8. The maximum atomic E-state index is 14.5. The van der Waals surface area contributed by atoms with Crippen LogP contribution in [-0.4, -0.2) is 65.4 Å². The average molecular weight is 469 g/mol. The van der Waals surface area contributed by atoms with Crippen molar-refractivity contribution < 1.29 is 28.5 Å². The molecule has 2 saturated heterocycles. The molecule has 0 unspecified atom stereocenters. The molecule has 0 aromatic rings. The van der Waals surface area contributed by atoms with Gasteiger partial charge in [0, 0.05) is 0 Å². The molecule has 3 aliphatic heterocycles. The van der Waals surface area contributed by atoms with Crippen LogP contribution in [-0.2, 0) is 0 Å². The summed E-state index contributed by atoms with van der Waals surface area (Å²) in [4.78, 5) is 45.3. The van der Waals surface area contributed by atoms with Crippen molar-refractivity contribution in [2.24, 2.45) is 13.5 Å². The van der Waals surface area contributed by atoms with E-state index in [2.05, 4.69) is 13.5 Å². The monoisotopic (exact) mass is 469 g/mol. The first-order chi connectivity index (χ1) is 12.9. The van der Waals surface area contributed by atoms with Crippen LogP contribution in [0.3, 0.4) is 0 Å². The van der Waals surface area contributed by atoms with Gasteiger partial charge in [-0.1, -0.05) is 0 Å². The number of hydrazine groups is 4. The van der Waals surface area contributed by atoms with Crippen molar-refractivity contribution in [3.8, 4) is 0 Å². The quantitative estimate of drug-likeness (QED) is 0.326. The molecule has 2 fully saturated rings. The van der Waals surface area contributed by atoms with E-state index in [1.807, 2.05) is 0 Å². The van der Waals surface area contributed by atoms with Crippen molar-refractivity contribution >= 4 is 22.8 Å². The van der Waals surface area contributed by atoms with Crippen molar-refractivity contribution in [2.45, 2.75) is 0 Å². The topological polar surface area (TPSA) is 223 Å². The molecule has 19 nitrogen and oxygen atoms in total. The molecule has 28 heavy (non-hydrogen) atoms. The maximum absolute atomic E-state index is 14.5. The van der Waals surface area contributed by atoms with Gasteiger partial charge in [-0.25, -0.2) is 40.5 Å².